The van der Waals surface area contributed by atoms with E-state index in [0.29, 0.717) is 6.61 Å². The normalized spacial score (nSPS) is 10.7. The molecule has 0 spiro atoms. The molecule has 0 radical (unpaired) electrons. The molecule has 0 unspecified atom stereocenters. The molecule has 2 aromatic heterocycles. The standard InChI is InChI=1S/C14H18N4OS/c1-11-7-12(8-16-5-6-19-2)9-18-14(11)20-13-10-15-3-4-17-13/h3-4,7,9-10,16H,5-6,8H2,1-2H3. The van der Waals surface area contributed by atoms with Gasteiger partial charge in [0.05, 0.1) is 12.8 Å². The predicted molar refractivity (Wildman–Crippen MR) is 78.7 cm³/mol. The summed E-state index contributed by atoms with van der Waals surface area (Å²) in [7, 11) is 1.70. The molecular formula is C14H18N4OS. The molecule has 0 aliphatic carbocycles. The Morgan fingerprint density at radius 3 is 2.85 bits per heavy atom. The Balaban J connectivity index is 1.95. The van der Waals surface area contributed by atoms with Crippen LogP contribution < -0.4 is 5.32 Å². The van der Waals surface area contributed by atoms with Gasteiger partial charge in [-0.1, -0.05) is 6.07 Å². The van der Waals surface area contributed by atoms with Crippen LogP contribution in [0.15, 0.2) is 40.9 Å². The maximum absolute atomic E-state index is 4.99. The largest absolute Gasteiger partial charge is 0.383 e. The number of rotatable bonds is 7. The quantitative estimate of drug-likeness (QED) is 0.788. The van der Waals surface area contributed by atoms with Gasteiger partial charge in [0.25, 0.3) is 0 Å². The smallest absolute Gasteiger partial charge is 0.121 e. The van der Waals surface area contributed by atoms with Crippen LogP contribution in [-0.2, 0) is 11.3 Å². The monoisotopic (exact) mass is 290 g/mol. The maximum Gasteiger partial charge on any atom is 0.121 e. The van der Waals surface area contributed by atoms with Crippen LogP contribution in [0.2, 0.25) is 0 Å². The number of aromatic nitrogens is 3. The molecule has 20 heavy (non-hydrogen) atoms. The third-order valence-electron chi connectivity index (χ3n) is 2.64. The fourth-order valence-corrected chi connectivity index (χ4v) is 2.42. The molecule has 1 N–H and O–H groups in total. The Morgan fingerprint density at radius 1 is 1.25 bits per heavy atom. The van der Waals surface area contributed by atoms with E-state index in [1.165, 1.54) is 17.3 Å². The number of hydrogen-bond acceptors (Lipinski definition) is 6. The summed E-state index contributed by atoms with van der Waals surface area (Å²) >= 11 is 1.53. The van der Waals surface area contributed by atoms with E-state index >= 15 is 0 Å². The van der Waals surface area contributed by atoms with Gasteiger partial charge in [-0.15, -0.1) is 0 Å². The molecule has 0 fully saturated rings. The SMILES string of the molecule is COCCNCc1cnc(Sc2cnccn2)c(C)c1. The van der Waals surface area contributed by atoms with Crippen LogP contribution in [0, 0.1) is 6.92 Å². The lowest BCUT2D eigenvalue weighted by molar-refractivity contribution is 0.199. The summed E-state index contributed by atoms with van der Waals surface area (Å²) in [4.78, 5) is 12.8. The number of hydrogen-bond donors (Lipinski definition) is 1. The molecule has 6 heteroatoms. The molecule has 2 aromatic rings. The Labute approximate surface area is 123 Å². The molecule has 0 aliphatic heterocycles. The predicted octanol–water partition coefficient (Wildman–Crippen LogP) is 2.07. The summed E-state index contributed by atoms with van der Waals surface area (Å²) in [6, 6.07) is 2.14. The summed E-state index contributed by atoms with van der Waals surface area (Å²) in [6.45, 7) is 4.41. The Morgan fingerprint density at radius 2 is 2.15 bits per heavy atom. The highest BCUT2D eigenvalue weighted by Crippen LogP contribution is 2.26. The van der Waals surface area contributed by atoms with Crippen molar-refractivity contribution in [3.8, 4) is 0 Å². The second kappa shape index (κ2) is 7.94. The van der Waals surface area contributed by atoms with Crippen LogP contribution in [0.25, 0.3) is 0 Å². The van der Waals surface area contributed by atoms with E-state index in [2.05, 4.69) is 33.3 Å². The molecule has 0 bridgehead atoms. The average Bonchev–Trinajstić information content (AvgIpc) is 2.47. The van der Waals surface area contributed by atoms with Crippen LogP contribution in [-0.4, -0.2) is 35.2 Å². The number of nitrogens with one attached hydrogen (secondary N) is 1. The van der Waals surface area contributed by atoms with Crippen molar-refractivity contribution in [3.63, 3.8) is 0 Å². The van der Waals surface area contributed by atoms with Gasteiger partial charge in [0, 0.05) is 38.8 Å². The molecule has 0 atom stereocenters. The van der Waals surface area contributed by atoms with Crippen molar-refractivity contribution in [2.45, 2.75) is 23.5 Å². The van der Waals surface area contributed by atoms with Crippen LogP contribution in [0.5, 0.6) is 0 Å². The minimum atomic E-state index is 0.715. The maximum atomic E-state index is 4.99. The summed E-state index contributed by atoms with van der Waals surface area (Å²) < 4.78 is 4.99. The number of nitrogens with zero attached hydrogens (tertiary/aromatic N) is 3. The van der Waals surface area contributed by atoms with Gasteiger partial charge in [-0.2, -0.15) is 0 Å². The van der Waals surface area contributed by atoms with E-state index < -0.39 is 0 Å². The first kappa shape index (κ1) is 14.9. The minimum absolute atomic E-state index is 0.715. The molecule has 0 saturated heterocycles. The zero-order valence-corrected chi connectivity index (χ0v) is 12.5. The first-order valence-corrected chi connectivity index (χ1v) is 7.20. The van der Waals surface area contributed by atoms with Gasteiger partial charge in [-0.25, -0.2) is 9.97 Å². The lowest BCUT2D eigenvalue weighted by Gasteiger charge is -2.08. The molecule has 0 amide bonds. The Kier molecular flexibility index (Phi) is 5.91. The molecule has 0 aliphatic rings. The lowest BCUT2D eigenvalue weighted by Crippen LogP contribution is -2.18. The Hall–Kier alpha value is -1.50. The van der Waals surface area contributed by atoms with Crippen molar-refractivity contribution in [1.82, 2.24) is 20.3 Å². The van der Waals surface area contributed by atoms with Crippen LogP contribution in [0.4, 0.5) is 0 Å². The molecule has 5 nitrogen and oxygen atoms in total. The molecule has 0 aromatic carbocycles. The third-order valence-corrected chi connectivity index (χ3v) is 3.68. The van der Waals surface area contributed by atoms with Gasteiger partial charge in [0.1, 0.15) is 10.1 Å². The van der Waals surface area contributed by atoms with Crippen LogP contribution in [0.1, 0.15) is 11.1 Å². The van der Waals surface area contributed by atoms with E-state index in [9.17, 15) is 0 Å². The fourth-order valence-electron chi connectivity index (χ4n) is 1.67. The van der Waals surface area contributed by atoms with Crippen LogP contribution in [0.3, 0.4) is 0 Å². The van der Waals surface area contributed by atoms with Crippen molar-refractivity contribution < 1.29 is 4.74 Å². The van der Waals surface area contributed by atoms with Crippen LogP contribution >= 0.6 is 11.8 Å². The minimum Gasteiger partial charge on any atom is -0.383 e. The summed E-state index contributed by atoms with van der Waals surface area (Å²) in [5.74, 6) is 0. The van der Waals surface area contributed by atoms with E-state index in [4.69, 9.17) is 4.74 Å². The highest BCUT2D eigenvalue weighted by molar-refractivity contribution is 7.99. The van der Waals surface area contributed by atoms with E-state index in [-0.39, 0.29) is 0 Å². The zero-order valence-electron chi connectivity index (χ0n) is 11.7. The van der Waals surface area contributed by atoms with Crippen molar-refractivity contribution in [2.24, 2.45) is 0 Å². The van der Waals surface area contributed by atoms with Gasteiger partial charge in [0.2, 0.25) is 0 Å². The third kappa shape index (κ3) is 4.56. The molecule has 0 saturated carbocycles. The average molecular weight is 290 g/mol. The highest BCUT2D eigenvalue weighted by atomic mass is 32.2. The van der Waals surface area contributed by atoms with E-state index in [1.54, 1.807) is 25.7 Å². The second-order valence-corrected chi connectivity index (χ2v) is 5.29. The fraction of sp³-hybridized carbons (Fsp3) is 0.357. The van der Waals surface area contributed by atoms with Crippen molar-refractivity contribution in [3.05, 3.63) is 42.0 Å². The van der Waals surface area contributed by atoms with Gasteiger partial charge in [0.15, 0.2) is 0 Å². The van der Waals surface area contributed by atoms with Gasteiger partial charge < -0.3 is 10.1 Å². The zero-order chi connectivity index (χ0) is 14.2. The Bertz CT molecular complexity index is 536. The highest BCUT2D eigenvalue weighted by Gasteiger charge is 2.05. The van der Waals surface area contributed by atoms with Crippen molar-refractivity contribution in [1.29, 1.82) is 0 Å². The number of pyridine rings is 1. The molecule has 2 heterocycles. The number of ether oxygens (including phenoxy) is 1. The summed E-state index contributed by atoms with van der Waals surface area (Å²) in [5.41, 5.74) is 2.31. The van der Waals surface area contributed by atoms with Gasteiger partial charge in [-0.05, 0) is 29.8 Å². The van der Waals surface area contributed by atoms with Gasteiger partial charge >= 0.3 is 0 Å². The van der Waals surface area contributed by atoms with E-state index in [0.717, 1.165) is 28.7 Å². The molecular weight excluding hydrogens is 272 g/mol. The summed E-state index contributed by atoms with van der Waals surface area (Å²) in [5, 5.41) is 5.12. The molecule has 106 valence electrons. The van der Waals surface area contributed by atoms with Crippen molar-refractivity contribution in [2.75, 3.05) is 20.3 Å². The first-order chi connectivity index (χ1) is 9.79. The number of aryl methyl sites for hydroxylation is 1. The lowest BCUT2D eigenvalue weighted by atomic mass is 10.2. The van der Waals surface area contributed by atoms with Crippen molar-refractivity contribution >= 4 is 11.8 Å². The summed E-state index contributed by atoms with van der Waals surface area (Å²) in [6.07, 6.45) is 6.99. The van der Waals surface area contributed by atoms with Gasteiger partial charge in [-0.3, -0.25) is 4.98 Å². The molecule has 2 rings (SSSR count). The second-order valence-electron chi connectivity index (χ2n) is 4.28. The first-order valence-electron chi connectivity index (χ1n) is 6.38. The number of methoxy groups -OCH3 is 1. The topological polar surface area (TPSA) is 59.9 Å². The van der Waals surface area contributed by atoms with E-state index in [1.807, 2.05) is 6.20 Å².